The van der Waals surface area contributed by atoms with Crippen molar-refractivity contribution in [2.75, 3.05) is 13.1 Å². The molecule has 2 aliphatic rings. The molecule has 2 nitrogen and oxygen atoms in total. The highest BCUT2D eigenvalue weighted by molar-refractivity contribution is 5.85. The van der Waals surface area contributed by atoms with Crippen molar-refractivity contribution in [1.82, 2.24) is 4.90 Å². The van der Waals surface area contributed by atoms with Crippen LogP contribution in [-0.4, -0.2) is 23.9 Å². The molecule has 1 aliphatic heterocycles. The van der Waals surface area contributed by atoms with Crippen molar-refractivity contribution in [1.29, 1.82) is 0 Å². The molecule has 0 radical (unpaired) electrons. The lowest BCUT2D eigenvalue weighted by Gasteiger charge is -2.22. The normalized spacial score (nSPS) is 21.1. The Balaban J connectivity index is 1.74. The first-order valence-electron chi connectivity index (χ1n) is 8.31. The summed E-state index contributed by atoms with van der Waals surface area (Å²) in [5.41, 5.74) is 6.55. The predicted octanol–water partition coefficient (Wildman–Crippen LogP) is 4.19. The number of nitrogens with zero attached hydrogens (tertiary/aromatic N) is 1. The van der Waals surface area contributed by atoms with Gasteiger partial charge in [-0.05, 0) is 67.9 Å². The lowest BCUT2D eigenvalue weighted by atomic mass is 9.90. The second kappa shape index (κ2) is 6.12. The summed E-state index contributed by atoms with van der Waals surface area (Å²) in [5, 5.41) is 0. The lowest BCUT2D eigenvalue weighted by Crippen LogP contribution is -2.33. The van der Waals surface area contributed by atoms with Gasteiger partial charge in [-0.3, -0.25) is 4.79 Å². The molecule has 2 heteroatoms. The van der Waals surface area contributed by atoms with Crippen LogP contribution in [0.15, 0.2) is 30.4 Å². The summed E-state index contributed by atoms with van der Waals surface area (Å²) in [4.78, 5) is 14.5. The Morgan fingerprint density at radius 2 is 1.73 bits per heavy atom. The van der Waals surface area contributed by atoms with E-state index in [1.165, 1.54) is 27.8 Å². The molecule has 1 saturated heterocycles. The average molecular weight is 295 g/mol. The Morgan fingerprint density at radius 3 is 2.27 bits per heavy atom. The van der Waals surface area contributed by atoms with Crippen molar-refractivity contribution in [3.8, 4) is 0 Å². The summed E-state index contributed by atoms with van der Waals surface area (Å²) in [7, 11) is 0. The van der Waals surface area contributed by atoms with Gasteiger partial charge >= 0.3 is 0 Å². The maximum atomic E-state index is 12.4. The Morgan fingerprint density at radius 1 is 1.09 bits per heavy atom. The van der Waals surface area contributed by atoms with Gasteiger partial charge in [-0.25, -0.2) is 0 Å². The molecule has 1 amide bonds. The summed E-state index contributed by atoms with van der Waals surface area (Å²) in [5.74, 6) is 0.342. The van der Waals surface area contributed by atoms with Crippen LogP contribution >= 0.6 is 0 Å². The molecule has 1 fully saturated rings. The Kier molecular flexibility index (Phi) is 4.19. The molecule has 1 unspecified atom stereocenters. The van der Waals surface area contributed by atoms with E-state index in [2.05, 4.69) is 51.1 Å². The molecule has 116 valence electrons. The predicted molar refractivity (Wildman–Crippen MR) is 91.7 cm³/mol. The van der Waals surface area contributed by atoms with Crippen molar-refractivity contribution in [2.45, 2.75) is 40.0 Å². The van der Waals surface area contributed by atoms with E-state index in [1.807, 2.05) is 4.90 Å². The number of hydrogen-bond acceptors (Lipinski definition) is 1. The van der Waals surface area contributed by atoms with Crippen molar-refractivity contribution >= 4 is 11.5 Å². The van der Waals surface area contributed by atoms with E-state index in [-0.39, 0.29) is 5.92 Å². The number of rotatable bonds is 2. The largest absolute Gasteiger partial charge is 0.342 e. The first kappa shape index (κ1) is 15.1. The molecule has 3 rings (SSSR count). The number of hydrogen-bond donors (Lipinski definition) is 0. The van der Waals surface area contributed by atoms with Crippen LogP contribution in [-0.2, 0) is 4.79 Å². The van der Waals surface area contributed by atoms with Gasteiger partial charge in [-0.15, -0.1) is 0 Å². The van der Waals surface area contributed by atoms with E-state index in [0.29, 0.717) is 5.91 Å². The van der Waals surface area contributed by atoms with Crippen LogP contribution in [0.5, 0.6) is 0 Å². The molecule has 1 aliphatic carbocycles. The number of benzene rings is 1. The van der Waals surface area contributed by atoms with Gasteiger partial charge < -0.3 is 4.90 Å². The van der Waals surface area contributed by atoms with Crippen LogP contribution in [0.1, 0.15) is 41.5 Å². The lowest BCUT2D eigenvalue weighted by molar-refractivity contribution is -0.132. The number of amides is 1. The molecule has 0 N–H and O–H groups in total. The van der Waals surface area contributed by atoms with Crippen LogP contribution in [0.4, 0.5) is 0 Å². The van der Waals surface area contributed by atoms with Gasteiger partial charge in [0, 0.05) is 13.1 Å². The standard InChI is InChI=1S/C20H25NO/c1-14-12-19(13-15(2)16(14)3)17-6-8-18(9-7-17)20(22)21-10-4-5-11-21/h6-8,12-13,18H,4-5,9-11H2,1-3H3. The third-order valence-corrected chi connectivity index (χ3v) is 5.10. The Bertz CT molecular complexity index is 625. The fourth-order valence-electron chi connectivity index (χ4n) is 3.39. The maximum absolute atomic E-state index is 12.4. The van der Waals surface area contributed by atoms with Crippen LogP contribution in [0.2, 0.25) is 0 Å². The third-order valence-electron chi connectivity index (χ3n) is 5.10. The van der Waals surface area contributed by atoms with Crippen LogP contribution in [0.3, 0.4) is 0 Å². The van der Waals surface area contributed by atoms with E-state index in [0.717, 1.165) is 32.4 Å². The first-order valence-corrected chi connectivity index (χ1v) is 8.31. The third kappa shape index (κ3) is 2.87. The summed E-state index contributed by atoms with van der Waals surface area (Å²) in [6.45, 7) is 8.38. The molecule has 1 aromatic rings. The number of aryl methyl sites for hydroxylation is 2. The minimum absolute atomic E-state index is 0.0366. The van der Waals surface area contributed by atoms with Crippen LogP contribution in [0, 0.1) is 26.7 Å². The zero-order valence-electron chi connectivity index (χ0n) is 13.9. The van der Waals surface area contributed by atoms with E-state index < -0.39 is 0 Å². The molecule has 1 aromatic carbocycles. The van der Waals surface area contributed by atoms with Crippen molar-refractivity contribution in [2.24, 2.45) is 5.92 Å². The van der Waals surface area contributed by atoms with Gasteiger partial charge in [0.05, 0.1) is 5.92 Å². The molecular formula is C20H25NO. The fourth-order valence-corrected chi connectivity index (χ4v) is 3.39. The number of carbonyl (C=O) groups excluding carboxylic acids is 1. The number of likely N-dealkylation sites (tertiary alicyclic amines) is 1. The molecule has 0 bridgehead atoms. The highest BCUT2D eigenvalue weighted by Gasteiger charge is 2.25. The molecule has 0 saturated carbocycles. The zero-order valence-corrected chi connectivity index (χ0v) is 13.9. The average Bonchev–Trinajstić information content (AvgIpc) is 3.06. The minimum atomic E-state index is 0.0366. The first-order chi connectivity index (χ1) is 10.6. The SMILES string of the molecule is Cc1cc(C2=CCC(C(=O)N3CCCC3)C=C2)cc(C)c1C. The minimum Gasteiger partial charge on any atom is -0.342 e. The van der Waals surface area contributed by atoms with Crippen LogP contribution in [0.25, 0.3) is 5.57 Å². The summed E-state index contributed by atoms with van der Waals surface area (Å²) in [6, 6.07) is 4.50. The van der Waals surface area contributed by atoms with Gasteiger partial charge in [0.25, 0.3) is 0 Å². The number of allylic oxidation sites excluding steroid dienone is 3. The summed E-state index contributed by atoms with van der Waals surface area (Å²) in [6.07, 6.45) is 9.60. The van der Waals surface area contributed by atoms with Gasteiger partial charge in [0.1, 0.15) is 0 Å². The van der Waals surface area contributed by atoms with Crippen molar-refractivity contribution < 1.29 is 4.79 Å². The van der Waals surface area contributed by atoms with E-state index >= 15 is 0 Å². The maximum Gasteiger partial charge on any atom is 0.229 e. The van der Waals surface area contributed by atoms with Gasteiger partial charge in [-0.2, -0.15) is 0 Å². The summed E-state index contributed by atoms with van der Waals surface area (Å²) >= 11 is 0. The molecule has 1 atom stereocenters. The highest BCUT2D eigenvalue weighted by atomic mass is 16.2. The van der Waals surface area contributed by atoms with Crippen molar-refractivity contribution in [3.05, 3.63) is 52.6 Å². The van der Waals surface area contributed by atoms with Gasteiger partial charge in [-0.1, -0.05) is 30.4 Å². The second-order valence-corrected chi connectivity index (χ2v) is 6.63. The zero-order chi connectivity index (χ0) is 15.7. The van der Waals surface area contributed by atoms with Crippen molar-refractivity contribution in [3.63, 3.8) is 0 Å². The molecule has 0 aromatic heterocycles. The molecular weight excluding hydrogens is 270 g/mol. The summed E-state index contributed by atoms with van der Waals surface area (Å²) < 4.78 is 0. The van der Waals surface area contributed by atoms with E-state index in [4.69, 9.17) is 0 Å². The Hall–Kier alpha value is -1.83. The van der Waals surface area contributed by atoms with E-state index in [9.17, 15) is 4.79 Å². The quantitative estimate of drug-likeness (QED) is 0.801. The van der Waals surface area contributed by atoms with E-state index in [1.54, 1.807) is 0 Å². The van der Waals surface area contributed by atoms with Gasteiger partial charge in [0.15, 0.2) is 0 Å². The van der Waals surface area contributed by atoms with Gasteiger partial charge in [0.2, 0.25) is 5.91 Å². The van der Waals surface area contributed by atoms with Crippen LogP contribution < -0.4 is 0 Å². The monoisotopic (exact) mass is 295 g/mol. The fraction of sp³-hybridized carbons (Fsp3) is 0.450. The Labute approximate surface area is 133 Å². The highest BCUT2D eigenvalue weighted by Crippen LogP contribution is 2.28. The smallest absolute Gasteiger partial charge is 0.229 e. The second-order valence-electron chi connectivity index (χ2n) is 6.63. The topological polar surface area (TPSA) is 20.3 Å². The molecule has 0 spiro atoms. The molecule has 22 heavy (non-hydrogen) atoms. The number of carbonyl (C=O) groups is 1. The molecule has 1 heterocycles.